The van der Waals surface area contributed by atoms with E-state index >= 15 is 0 Å². The molecule has 29 heavy (non-hydrogen) atoms. The lowest BCUT2D eigenvalue weighted by Crippen LogP contribution is -2.32. The lowest BCUT2D eigenvalue weighted by atomic mass is 10.1. The average molecular weight is 461 g/mol. The Hall–Kier alpha value is -2.34. The van der Waals surface area contributed by atoms with E-state index in [-0.39, 0.29) is 18.4 Å². The number of ether oxygens (including phenoxy) is 1. The van der Waals surface area contributed by atoms with Gasteiger partial charge in [0.1, 0.15) is 5.75 Å². The van der Waals surface area contributed by atoms with Crippen molar-refractivity contribution in [3.05, 3.63) is 58.1 Å². The highest BCUT2D eigenvalue weighted by atomic mass is 79.9. The molecule has 0 atom stereocenters. The van der Waals surface area contributed by atoms with Gasteiger partial charge in [-0.15, -0.1) is 0 Å². The lowest BCUT2D eigenvalue weighted by molar-refractivity contribution is -0.118. The summed E-state index contributed by atoms with van der Waals surface area (Å²) >= 11 is 3.47. The van der Waals surface area contributed by atoms with Gasteiger partial charge in [0.05, 0.1) is 4.47 Å². The molecule has 0 fully saturated rings. The first-order valence-electron chi connectivity index (χ1n) is 10.1. The number of carbonyl (C=O) groups excluding carboxylic acids is 2. The predicted octanol–water partition coefficient (Wildman–Crippen LogP) is 5.29. The Morgan fingerprint density at radius 3 is 2.38 bits per heavy atom. The Kier molecular flexibility index (Phi) is 9.19. The number of aryl methyl sites for hydroxylation is 1. The Morgan fingerprint density at radius 1 is 1.03 bits per heavy atom. The predicted molar refractivity (Wildman–Crippen MR) is 121 cm³/mol. The van der Waals surface area contributed by atoms with Gasteiger partial charge in [0.25, 0.3) is 11.8 Å². The number of nitrogens with zero attached hydrogens (tertiary/aromatic N) is 1. The lowest BCUT2D eigenvalue weighted by Gasteiger charge is -2.21. The van der Waals surface area contributed by atoms with E-state index in [1.165, 1.54) is 5.56 Å². The van der Waals surface area contributed by atoms with Crippen LogP contribution >= 0.6 is 15.9 Å². The molecule has 0 heterocycles. The number of hydrogen-bond donors (Lipinski definition) is 1. The third kappa shape index (κ3) is 6.89. The van der Waals surface area contributed by atoms with Crippen LogP contribution in [-0.2, 0) is 11.2 Å². The third-order valence-electron chi connectivity index (χ3n) is 4.43. The maximum absolute atomic E-state index is 12.7. The van der Waals surface area contributed by atoms with Crippen LogP contribution < -0.4 is 10.1 Å². The molecule has 6 heteroatoms. The second-order valence-corrected chi connectivity index (χ2v) is 7.68. The molecular formula is C23H29BrN2O3. The van der Waals surface area contributed by atoms with E-state index in [4.69, 9.17) is 4.74 Å². The summed E-state index contributed by atoms with van der Waals surface area (Å²) in [5.74, 6) is 0.331. The standard InChI is InChI=1S/C23H29BrN2O3/c1-4-12-26(13-5-2)23(28)18-8-7-9-19(15-18)25-22(27)16-29-21-11-10-17(6-3)14-20(21)24/h7-11,14-15H,4-6,12-13,16H2,1-3H3,(H,25,27). The van der Waals surface area contributed by atoms with E-state index in [1.807, 2.05) is 23.1 Å². The maximum Gasteiger partial charge on any atom is 0.262 e. The molecule has 0 bridgehead atoms. The second-order valence-electron chi connectivity index (χ2n) is 6.83. The normalized spacial score (nSPS) is 10.5. The molecule has 0 aromatic heterocycles. The Balaban J connectivity index is 1.98. The van der Waals surface area contributed by atoms with Crippen molar-refractivity contribution in [2.24, 2.45) is 0 Å². The molecular weight excluding hydrogens is 432 g/mol. The first-order valence-corrected chi connectivity index (χ1v) is 10.9. The number of halogens is 1. The minimum Gasteiger partial charge on any atom is -0.483 e. The highest BCUT2D eigenvalue weighted by Gasteiger charge is 2.15. The zero-order valence-corrected chi connectivity index (χ0v) is 18.9. The number of carbonyl (C=O) groups is 2. The first-order chi connectivity index (χ1) is 14.0. The first kappa shape index (κ1) is 22.9. The Bertz CT molecular complexity index is 833. The molecule has 2 rings (SSSR count). The van der Waals surface area contributed by atoms with E-state index in [9.17, 15) is 9.59 Å². The van der Waals surface area contributed by atoms with Crippen LogP contribution in [0.25, 0.3) is 0 Å². The van der Waals surface area contributed by atoms with E-state index in [2.05, 4.69) is 42.0 Å². The summed E-state index contributed by atoms with van der Waals surface area (Å²) in [7, 11) is 0. The van der Waals surface area contributed by atoms with E-state index in [0.717, 1.165) is 36.8 Å². The van der Waals surface area contributed by atoms with Crippen molar-refractivity contribution >= 4 is 33.4 Å². The van der Waals surface area contributed by atoms with Gasteiger partial charge in [-0.3, -0.25) is 9.59 Å². The van der Waals surface area contributed by atoms with Crippen LogP contribution in [0.3, 0.4) is 0 Å². The number of rotatable bonds is 10. The van der Waals surface area contributed by atoms with Gasteiger partial charge in [0, 0.05) is 24.3 Å². The van der Waals surface area contributed by atoms with Crippen molar-refractivity contribution in [1.82, 2.24) is 4.90 Å². The smallest absolute Gasteiger partial charge is 0.262 e. The number of benzene rings is 2. The molecule has 2 aromatic carbocycles. The molecule has 1 N–H and O–H groups in total. The largest absolute Gasteiger partial charge is 0.483 e. The molecule has 0 aliphatic rings. The van der Waals surface area contributed by atoms with Crippen LogP contribution in [0.4, 0.5) is 5.69 Å². The number of hydrogen-bond acceptors (Lipinski definition) is 3. The summed E-state index contributed by atoms with van der Waals surface area (Å²) in [6.07, 6.45) is 2.75. The van der Waals surface area contributed by atoms with Crippen LogP contribution in [0.1, 0.15) is 49.5 Å². The molecule has 0 unspecified atom stereocenters. The minimum absolute atomic E-state index is 0.0130. The summed E-state index contributed by atoms with van der Waals surface area (Å²) in [5, 5.41) is 2.80. The number of anilines is 1. The van der Waals surface area contributed by atoms with Crippen molar-refractivity contribution in [2.75, 3.05) is 25.0 Å². The van der Waals surface area contributed by atoms with Crippen LogP contribution in [0.15, 0.2) is 46.9 Å². The van der Waals surface area contributed by atoms with Gasteiger partial charge in [-0.25, -0.2) is 0 Å². The molecule has 2 aromatic rings. The van der Waals surface area contributed by atoms with Crippen molar-refractivity contribution in [3.8, 4) is 5.75 Å². The van der Waals surface area contributed by atoms with Crippen molar-refractivity contribution < 1.29 is 14.3 Å². The number of amides is 2. The van der Waals surface area contributed by atoms with Crippen molar-refractivity contribution in [3.63, 3.8) is 0 Å². The Labute approximate surface area is 181 Å². The quantitative estimate of drug-likeness (QED) is 0.523. The molecule has 0 spiro atoms. The maximum atomic E-state index is 12.7. The fraction of sp³-hybridized carbons (Fsp3) is 0.391. The van der Waals surface area contributed by atoms with Crippen LogP contribution in [0, 0.1) is 0 Å². The fourth-order valence-corrected chi connectivity index (χ4v) is 3.53. The van der Waals surface area contributed by atoms with Gasteiger partial charge in [-0.2, -0.15) is 0 Å². The zero-order chi connectivity index (χ0) is 21.2. The third-order valence-corrected chi connectivity index (χ3v) is 5.05. The Morgan fingerprint density at radius 2 is 1.76 bits per heavy atom. The second kappa shape index (κ2) is 11.6. The summed E-state index contributed by atoms with van der Waals surface area (Å²) in [6, 6.07) is 12.9. The van der Waals surface area contributed by atoms with E-state index in [1.54, 1.807) is 24.3 Å². The van der Waals surface area contributed by atoms with Crippen LogP contribution in [0.5, 0.6) is 5.75 Å². The molecule has 0 saturated carbocycles. The van der Waals surface area contributed by atoms with Gasteiger partial charge in [0.2, 0.25) is 0 Å². The highest BCUT2D eigenvalue weighted by Crippen LogP contribution is 2.26. The zero-order valence-electron chi connectivity index (χ0n) is 17.3. The molecule has 2 amide bonds. The van der Waals surface area contributed by atoms with E-state index < -0.39 is 0 Å². The summed E-state index contributed by atoms with van der Waals surface area (Å²) in [5.41, 5.74) is 2.34. The van der Waals surface area contributed by atoms with Crippen LogP contribution in [0.2, 0.25) is 0 Å². The summed E-state index contributed by atoms with van der Waals surface area (Å²) < 4.78 is 6.44. The molecule has 156 valence electrons. The van der Waals surface area contributed by atoms with Gasteiger partial charge in [-0.1, -0.05) is 32.9 Å². The average Bonchev–Trinajstić information content (AvgIpc) is 2.72. The van der Waals surface area contributed by atoms with Gasteiger partial charge >= 0.3 is 0 Å². The number of nitrogens with one attached hydrogen (secondary N) is 1. The monoisotopic (exact) mass is 460 g/mol. The van der Waals surface area contributed by atoms with E-state index in [0.29, 0.717) is 17.0 Å². The molecule has 0 aliphatic heterocycles. The molecule has 0 radical (unpaired) electrons. The summed E-state index contributed by atoms with van der Waals surface area (Å²) in [4.78, 5) is 26.9. The fourth-order valence-electron chi connectivity index (χ4n) is 2.99. The molecule has 5 nitrogen and oxygen atoms in total. The SMILES string of the molecule is CCCN(CCC)C(=O)c1cccc(NC(=O)COc2ccc(CC)cc2Br)c1. The molecule has 0 saturated heterocycles. The van der Waals surface area contributed by atoms with Gasteiger partial charge in [0.15, 0.2) is 6.61 Å². The topological polar surface area (TPSA) is 58.6 Å². The van der Waals surface area contributed by atoms with Crippen molar-refractivity contribution in [2.45, 2.75) is 40.0 Å². The van der Waals surface area contributed by atoms with Crippen LogP contribution in [-0.4, -0.2) is 36.4 Å². The van der Waals surface area contributed by atoms with Crippen molar-refractivity contribution in [1.29, 1.82) is 0 Å². The highest BCUT2D eigenvalue weighted by molar-refractivity contribution is 9.10. The van der Waals surface area contributed by atoms with Gasteiger partial charge in [-0.05, 0) is 71.1 Å². The summed E-state index contributed by atoms with van der Waals surface area (Å²) in [6.45, 7) is 7.53. The minimum atomic E-state index is -0.278. The molecule has 0 aliphatic carbocycles. The van der Waals surface area contributed by atoms with Gasteiger partial charge < -0.3 is 15.0 Å².